The topological polar surface area (TPSA) is 67.4 Å². The number of carbonyl (C=O) groups is 2. The van der Waals surface area contributed by atoms with Gasteiger partial charge in [0.25, 0.3) is 0 Å². The fourth-order valence-electron chi connectivity index (χ4n) is 2.11. The molecule has 0 bridgehead atoms. The van der Waals surface area contributed by atoms with Crippen molar-refractivity contribution in [2.45, 2.75) is 38.6 Å². The van der Waals surface area contributed by atoms with E-state index in [1.165, 1.54) is 11.9 Å². The van der Waals surface area contributed by atoms with E-state index in [9.17, 15) is 9.59 Å². The maximum Gasteiger partial charge on any atom is 0.454 e. The molecule has 2 aliphatic heterocycles. The van der Waals surface area contributed by atoms with E-state index in [1.807, 2.05) is 5.41 Å². The third kappa shape index (κ3) is 3.22. The van der Waals surface area contributed by atoms with Gasteiger partial charge in [0.15, 0.2) is 0 Å². The van der Waals surface area contributed by atoms with Gasteiger partial charge < -0.3 is 4.74 Å². The van der Waals surface area contributed by atoms with Gasteiger partial charge in [0.1, 0.15) is 24.5 Å². The van der Waals surface area contributed by atoms with Crippen LogP contribution in [-0.2, 0) is 9.53 Å². The standard InChI is InChI=1S/C12H19N3O3S/c1-2-3-4-7-15(13-6-9-19-15)12(17)14-10-5-8-18-11(10)16/h6,9-10,13H,2-5,7-8H2,1H3/p+1. The highest BCUT2D eigenvalue weighted by atomic mass is 32.2. The average Bonchev–Trinajstić information content (AvgIpc) is 3.01. The number of nitrogens with zero attached hydrogens (tertiary/aromatic N) is 1. The summed E-state index contributed by atoms with van der Waals surface area (Å²) < 4.78 is 4.93. The lowest BCUT2D eigenvalue weighted by Crippen LogP contribution is -2.59. The first-order valence-electron chi connectivity index (χ1n) is 6.65. The number of urea groups is 1. The van der Waals surface area contributed by atoms with Gasteiger partial charge in [0, 0.05) is 12.8 Å². The maximum atomic E-state index is 12.4. The van der Waals surface area contributed by atoms with Crippen LogP contribution in [0.4, 0.5) is 4.79 Å². The monoisotopic (exact) mass is 286 g/mol. The van der Waals surface area contributed by atoms with Crippen molar-refractivity contribution in [2.24, 2.45) is 0 Å². The number of hydrogen-bond acceptors (Lipinski definition) is 5. The first kappa shape index (κ1) is 14.2. The molecule has 2 aliphatic rings. The highest BCUT2D eigenvalue weighted by molar-refractivity contribution is 7.97. The maximum absolute atomic E-state index is 12.4. The molecule has 7 heteroatoms. The van der Waals surface area contributed by atoms with Gasteiger partial charge in [0.05, 0.1) is 18.2 Å². The molecule has 0 radical (unpaired) electrons. The number of rotatable bonds is 5. The fraction of sp³-hybridized carbons (Fsp3) is 0.667. The number of unbranched alkanes of at least 4 members (excludes halogenated alkanes) is 2. The molecule has 1 saturated heterocycles. The molecule has 6 nitrogen and oxygen atoms in total. The van der Waals surface area contributed by atoms with Crippen molar-refractivity contribution in [3.63, 3.8) is 0 Å². The van der Waals surface area contributed by atoms with Crippen LogP contribution in [0.25, 0.3) is 0 Å². The van der Waals surface area contributed by atoms with E-state index in [1.54, 1.807) is 6.20 Å². The summed E-state index contributed by atoms with van der Waals surface area (Å²) in [6.07, 6.45) is 5.47. The van der Waals surface area contributed by atoms with Crippen LogP contribution in [-0.4, -0.2) is 35.2 Å². The Balaban J connectivity index is 1.94. The van der Waals surface area contributed by atoms with Crippen LogP contribution < -0.4 is 10.7 Å². The molecular weight excluding hydrogens is 266 g/mol. The molecule has 2 heterocycles. The van der Waals surface area contributed by atoms with Crippen LogP contribution in [0, 0.1) is 0 Å². The Morgan fingerprint density at radius 1 is 1.63 bits per heavy atom. The summed E-state index contributed by atoms with van der Waals surface area (Å²) in [5, 5.41) is 4.63. The number of ether oxygens (including phenoxy) is 1. The summed E-state index contributed by atoms with van der Waals surface area (Å²) in [6, 6.07) is -0.688. The van der Waals surface area contributed by atoms with E-state index < -0.39 is 6.04 Å². The number of nitrogens with one attached hydrogen (secondary N) is 2. The molecule has 2 N–H and O–H groups in total. The molecule has 106 valence electrons. The zero-order valence-electron chi connectivity index (χ0n) is 11.1. The Hall–Kier alpha value is -1.21. The number of carbonyl (C=O) groups excluding carboxylic acids is 2. The Morgan fingerprint density at radius 2 is 2.47 bits per heavy atom. The third-order valence-electron chi connectivity index (χ3n) is 3.23. The second-order valence-electron chi connectivity index (χ2n) is 4.67. The highest BCUT2D eigenvalue weighted by Gasteiger charge is 2.43. The predicted molar refractivity (Wildman–Crippen MR) is 72.4 cm³/mol. The van der Waals surface area contributed by atoms with E-state index in [0.717, 1.165) is 19.3 Å². The fourth-order valence-corrected chi connectivity index (χ4v) is 2.94. The lowest BCUT2D eigenvalue weighted by molar-refractivity contribution is -0.750. The second kappa shape index (κ2) is 6.29. The molecular formula is C12H20N3O3S+. The molecule has 1 fully saturated rings. The van der Waals surface area contributed by atoms with Crippen LogP contribution in [0.15, 0.2) is 11.6 Å². The van der Waals surface area contributed by atoms with Gasteiger partial charge in [-0.2, -0.15) is 0 Å². The Kier molecular flexibility index (Phi) is 4.71. The molecule has 0 aliphatic carbocycles. The second-order valence-corrected chi connectivity index (χ2v) is 5.77. The molecule has 0 saturated carbocycles. The van der Waals surface area contributed by atoms with Crippen molar-refractivity contribution in [2.75, 3.05) is 13.2 Å². The minimum atomic E-state index is -0.503. The predicted octanol–water partition coefficient (Wildman–Crippen LogP) is 1.66. The Bertz CT molecular complexity index is 378. The molecule has 2 unspecified atom stereocenters. The largest absolute Gasteiger partial charge is 0.464 e. The van der Waals surface area contributed by atoms with Crippen molar-refractivity contribution < 1.29 is 18.3 Å². The number of esters is 1. The van der Waals surface area contributed by atoms with Crippen LogP contribution in [0.2, 0.25) is 0 Å². The molecule has 19 heavy (non-hydrogen) atoms. The summed E-state index contributed by atoms with van der Waals surface area (Å²) >= 11 is 1.41. The molecule has 2 atom stereocenters. The van der Waals surface area contributed by atoms with Gasteiger partial charge in [-0.05, 0) is 6.42 Å². The third-order valence-corrected chi connectivity index (χ3v) is 4.30. The minimum Gasteiger partial charge on any atom is -0.464 e. The molecule has 0 aromatic heterocycles. The molecule has 2 amide bonds. The number of cyclic esters (lactones) is 1. The molecule has 0 aromatic carbocycles. The normalized spacial score (nSPS) is 29.1. The summed E-state index contributed by atoms with van der Waals surface area (Å²) in [5.41, 5.74) is 3.07. The molecule has 0 spiro atoms. The zero-order valence-corrected chi connectivity index (χ0v) is 11.9. The molecule has 2 rings (SSSR count). The van der Waals surface area contributed by atoms with E-state index in [0.29, 0.717) is 19.6 Å². The molecule has 0 aromatic rings. The average molecular weight is 286 g/mol. The van der Waals surface area contributed by atoms with Crippen molar-refractivity contribution in [3.8, 4) is 0 Å². The number of hydrogen-bond donors (Lipinski definition) is 2. The van der Waals surface area contributed by atoms with Gasteiger partial charge in [-0.1, -0.05) is 17.3 Å². The van der Waals surface area contributed by atoms with E-state index in [2.05, 4.69) is 17.7 Å². The van der Waals surface area contributed by atoms with Gasteiger partial charge in [-0.25, -0.2) is 15.0 Å². The highest BCUT2D eigenvalue weighted by Crippen LogP contribution is 2.27. The first-order valence-corrected chi connectivity index (χ1v) is 7.48. The Labute approximate surface area is 117 Å². The van der Waals surface area contributed by atoms with Gasteiger partial charge >= 0.3 is 12.0 Å². The van der Waals surface area contributed by atoms with Crippen molar-refractivity contribution >= 4 is 23.9 Å². The van der Waals surface area contributed by atoms with Crippen molar-refractivity contribution in [3.05, 3.63) is 11.6 Å². The van der Waals surface area contributed by atoms with Crippen molar-refractivity contribution in [1.29, 1.82) is 0 Å². The van der Waals surface area contributed by atoms with Gasteiger partial charge in [-0.15, -0.1) is 0 Å². The quantitative estimate of drug-likeness (QED) is 0.348. The van der Waals surface area contributed by atoms with Gasteiger partial charge in [0.2, 0.25) is 0 Å². The van der Waals surface area contributed by atoms with Crippen LogP contribution in [0.1, 0.15) is 32.6 Å². The van der Waals surface area contributed by atoms with Crippen molar-refractivity contribution in [1.82, 2.24) is 10.7 Å². The summed E-state index contributed by atoms with van der Waals surface area (Å²) in [4.78, 5) is 23.8. The lowest BCUT2D eigenvalue weighted by atomic mass is 10.2. The smallest absolute Gasteiger partial charge is 0.454 e. The SMILES string of the molecule is CCCCC[N+]1(C(=O)NC2CCOC2=O)NC=CS1. The van der Waals surface area contributed by atoms with E-state index in [4.69, 9.17) is 4.74 Å². The number of amides is 2. The first-order chi connectivity index (χ1) is 9.18. The minimum absolute atomic E-state index is 0.0732. The summed E-state index contributed by atoms with van der Waals surface area (Å²) in [5.74, 6) is -0.336. The zero-order chi connectivity index (χ0) is 13.7. The lowest BCUT2D eigenvalue weighted by Gasteiger charge is -2.28. The van der Waals surface area contributed by atoms with Crippen LogP contribution >= 0.6 is 11.9 Å². The van der Waals surface area contributed by atoms with Crippen LogP contribution in [0.5, 0.6) is 0 Å². The number of quaternary nitrogens is 1. The van der Waals surface area contributed by atoms with E-state index >= 15 is 0 Å². The van der Waals surface area contributed by atoms with Crippen LogP contribution in [0.3, 0.4) is 0 Å². The Morgan fingerprint density at radius 3 is 3.05 bits per heavy atom. The summed E-state index contributed by atoms with van der Waals surface area (Å²) in [7, 11) is 0. The van der Waals surface area contributed by atoms with Gasteiger partial charge in [-0.3, -0.25) is 5.32 Å². The summed E-state index contributed by atoms with van der Waals surface area (Å²) in [6.45, 7) is 3.21. The van der Waals surface area contributed by atoms with E-state index in [-0.39, 0.29) is 16.0 Å².